The molecule has 0 aliphatic carbocycles. The summed E-state index contributed by atoms with van der Waals surface area (Å²) < 4.78 is 34.3. The Kier molecular flexibility index (Phi) is 6.22. The molecule has 1 N–H and O–H groups in total. The van der Waals surface area contributed by atoms with Crippen molar-refractivity contribution in [3.05, 3.63) is 54.1 Å². The molecule has 0 spiro atoms. The lowest BCUT2D eigenvalue weighted by Crippen LogP contribution is -2.47. The van der Waals surface area contributed by atoms with E-state index in [2.05, 4.69) is 5.32 Å². The molecule has 0 saturated carbocycles. The van der Waals surface area contributed by atoms with Crippen molar-refractivity contribution >= 4 is 40.4 Å². The minimum absolute atomic E-state index is 0.252. The summed E-state index contributed by atoms with van der Waals surface area (Å²) in [6.07, 6.45) is -0.848. The Balaban J connectivity index is 1.40. The highest BCUT2D eigenvalue weighted by molar-refractivity contribution is 7.80. The summed E-state index contributed by atoms with van der Waals surface area (Å²) in [6.45, 7) is 4.83. The fraction of sp³-hybridized carbons (Fsp3) is 0.364. The van der Waals surface area contributed by atoms with Gasteiger partial charge in [-0.15, -0.1) is 0 Å². The van der Waals surface area contributed by atoms with Gasteiger partial charge in [0.2, 0.25) is 0 Å². The van der Waals surface area contributed by atoms with Crippen LogP contribution in [0.25, 0.3) is 0 Å². The monoisotopic (exact) mass is 446 g/mol. The van der Waals surface area contributed by atoms with Crippen LogP contribution >= 0.6 is 12.2 Å². The summed E-state index contributed by atoms with van der Waals surface area (Å²) in [5.41, 5.74) is 1.50. The molecule has 31 heavy (non-hydrogen) atoms. The second kappa shape index (κ2) is 9.05. The minimum atomic E-state index is -0.500. The Morgan fingerprint density at radius 3 is 2.32 bits per heavy atom. The van der Waals surface area contributed by atoms with Gasteiger partial charge in [-0.05, 0) is 37.3 Å². The van der Waals surface area contributed by atoms with E-state index in [0.29, 0.717) is 61.3 Å². The third kappa shape index (κ3) is 4.71. The number of para-hydroxylation sites is 1. The first-order valence-corrected chi connectivity index (χ1v) is 10.6. The lowest BCUT2D eigenvalue weighted by atomic mass is 10.2. The number of rotatable bonds is 5. The Bertz CT molecular complexity index is 982. The Morgan fingerprint density at radius 1 is 1.06 bits per heavy atom. The van der Waals surface area contributed by atoms with Crippen molar-refractivity contribution in [1.82, 2.24) is 5.32 Å². The minimum Gasteiger partial charge on any atom is -0.442 e. The van der Waals surface area contributed by atoms with Crippen LogP contribution in [-0.2, 0) is 4.74 Å². The summed E-state index contributed by atoms with van der Waals surface area (Å²) in [7, 11) is 0. The summed E-state index contributed by atoms with van der Waals surface area (Å²) in [5, 5.41) is 2.98. The molecule has 4 rings (SSSR count). The molecule has 1 amide bonds. The molecule has 2 aromatic carbocycles. The van der Waals surface area contributed by atoms with E-state index in [0.717, 1.165) is 0 Å². The normalized spacial score (nSPS) is 18.9. The van der Waals surface area contributed by atoms with Crippen molar-refractivity contribution in [2.24, 2.45) is 0 Å². The van der Waals surface area contributed by atoms with Crippen LogP contribution in [-0.4, -0.2) is 56.5 Å². The maximum Gasteiger partial charge on any atom is 0.414 e. The van der Waals surface area contributed by atoms with Gasteiger partial charge in [0.25, 0.3) is 0 Å². The molecule has 0 bridgehead atoms. The summed E-state index contributed by atoms with van der Waals surface area (Å²) in [4.78, 5) is 18.2. The fourth-order valence-corrected chi connectivity index (χ4v) is 4.00. The molecule has 2 aliphatic rings. The van der Waals surface area contributed by atoms with E-state index >= 15 is 0 Å². The molecule has 2 heterocycles. The van der Waals surface area contributed by atoms with Gasteiger partial charge in [0.05, 0.1) is 35.1 Å². The van der Waals surface area contributed by atoms with Gasteiger partial charge in [0.1, 0.15) is 17.7 Å². The molecule has 0 unspecified atom stereocenters. The molecule has 0 aromatic heterocycles. The summed E-state index contributed by atoms with van der Waals surface area (Å²) in [6, 6.07) is 11.4. The number of nitrogens with one attached hydrogen (secondary N) is 1. The number of ether oxygens (including phenoxy) is 1. The number of halogens is 2. The lowest BCUT2D eigenvalue weighted by Gasteiger charge is -2.37. The number of benzene rings is 2. The van der Waals surface area contributed by atoms with Crippen LogP contribution in [0.2, 0.25) is 0 Å². The molecular formula is C22H24F2N4O2S. The second-order valence-electron chi connectivity index (χ2n) is 7.61. The predicted molar refractivity (Wildman–Crippen MR) is 121 cm³/mol. The molecule has 1 atom stereocenters. The van der Waals surface area contributed by atoms with Gasteiger partial charge in [-0.1, -0.05) is 24.4 Å². The highest BCUT2D eigenvalue weighted by Crippen LogP contribution is 2.29. The molecule has 2 saturated heterocycles. The predicted octanol–water partition coefficient (Wildman–Crippen LogP) is 3.55. The van der Waals surface area contributed by atoms with Crippen LogP contribution in [0.3, 0.4) is 0 Å². The maximum absolute atomic E-state index is 14.9. The zero-order chi connectivity index (χ0) is 22.0. The second-order valence-corrected chi connectivity index (χ2v) is 8.23. The number of hydrogen-bond donors (Lipinski definition) is 1. The molecule has 164 valence electrons. The van der Waals surface area contributed by atoms with Gasteiger partial charge in [0, 0.05) is 26.2 Å². The van der Waals surface area contributed by atoms with E-state index in [1.807, 2.05) is 15.9 Å². The van der Waals surface area contributed by atoms with E-state index in [4.69, 9.17) is 17.0 Å². The molecular weight excluding hydrogens is 422 g/mol. The molecule has 9 heteroatoms. The number of carbonyl (C=O) groups excluding carboxylic acids is 1. The number of cyclic esters (lactones) is 1. The SMILES string of the molecule is CC(=S)NC[C@H]1CN(c2ccc(N3CCN(c4ccccc4F)CC3)c(F)c2)C(=O)O1. The van der Waals surface area contributed by atoms with E-state index < -0.39 is 11.9 Å². The zero-order valence-electron chi connectivity index (χ0n) is 17.2. The number of anilines is 3. The van der Waals surface area contributed by atoms with Crippen molar-refractivity contribution in [3.8, 4) is 0 Å². The number of piperazine rings is 1. The number of nitrogens with zero attached hydrogens (tertiary/aromatic N) is 3. The van der Waals surface area contributed by atoms with Gasteiger partial charge in [0.15, 0.2) is 0 Å². The van der Waals surface area contributed by atoms with Crippen LogP contribution in [0, 0.1) is 11.6 Å². The quantitative estimate of drug-likeness (QED) is 0.709. The smallest absolute Gasteiger partial charge is 0.414 e. The molecule has 2 fully saturated rings. The van der Waals surface area contributed by atoms with Crippen LogP contribution in [0.1, 0.15) is 6.92 Å². The van der Waals surface area contributed by atoms with Gasteiger partial charge < -0.3 is 19.9 Å². The summed E-state index contributed by atoms with van der Waals surface area (Å²) in [5.74, 6) is -0.654. The van der Waals surface area contributed by atoms with Crippen molar-refractivity contribution in [2.75, 3.05) is 54.0 Å². The van der Waals surface area contributed by atoms with Gasteiger partial charge in [-0.2, -0.15) is 0 Å². The Morgan fingerprint density at radius 2 is 1.71 bits per heavy atom. The molecule has 6 nitrogen and oxygen atoms in total. The van der Waals surface area contributed by atoms with Gasteiger partial charge in [-0.25, -0.2) is 13.6 Å². The molecule has 2 aliphatic heterocycles. The van der Waals surface area contributed by atoms with Crippen molar-refractivity contribution in [2.45, 2.75) is 13.0 Å². The first-order chi connectivity index (χ1) is 14.9. The zero-order valence-corrected chi connectivity index (χ0v) is 18.0. The molecule has 2 aromatic rings. The van der Waals surface area contributed by atoms with Crippen LogP contribution in [0.4, 0.5) is 30.6 Å². The van der Waals surface area contributed by atoms with Crippen molar-refractivity contribution in [1.29, 1.82) is 0 Å². The maximum atomic E-state index is 14.9. The topological polar surface area (TPSA) is 48.0 Å². The van der Waals surface area contributed by atoms with Crippen molar-refractivity contribution in [3.63, 3.8) is 0 Å². The highest BCUT2D eigenvalue weighted by atomic mass is 32.1. The lowest BCUT2D eigenvalue weighted by molar-refractivity contribution is 0.143. The standard InChI is InChI=1S/C22H24F2N4O2S/c1-15(31)25-13-17-14-28(22(29)30-17)16-6-7-21(19(24)12-16)27-10-8-26(9-11-27)20-5-3-2-4-18(20)23/h2-7,12,17H,8-11,13-14H2,1H3,(H,25,31)/t17-/m0/s1. The van der Waals surface area contributed by atoms with Crippen LogP contribution in [0.5, 0.6) is 0 Å². The number of hydrogen-bond acceptors (Lipinski definition) is 5. The van der Waals surface area contributed by atoms with Crippen molar-refractivity contribution < 1.29 is 18.3 Å². The third-order valence-corrected chi connectivity index (χ3v) is 5.65. The van der Waals surface area contributed by atoms with E-state index in [9.17, 15) is 13.6 Å². The van der Waals surface area contributed by atoms with Crippen LogP contribution < -0.4 is 20.0 Å². The van der Waals surface area contributed by atoms with E-state index in [1.165, 1.54) is 17.0 Å². The first-order valence-electron chi connectivity index (χ1n) is 10.2. The number of amides is 1. The first kappa shape index (κ1) is 21.3. The van der Waals surface area contributed by atoms with E-state index in [1.54, 1.807) is 31.2 Å². The number of thiocarbonyl (C=S) groups is 1. The fourth-order valence-electron chi connectivity index (χ4n) is 3.91. The number of carbonyl (C=O) groups is 1. The third-order valence-electron chi connectivity index (χ3n) is 5.51. The Labute approximate surface area is 185 Å². The van der Waals surface area contributed by atoms with Gasteiger partial charge >= 0.3 is 6.09 Å². The van der Waals surface area contributed by atoms with E-state index in [-0.39, 0.29) is 11.9 Å². The highest BCUT2D eigenvalue weighted by Gasteiger charge is 2.33. The summed E-state index contributed by atoms with van der Waals surface area (Å²) >= 11 is 4.98. The van der Waals surface area contributed by atoms with Gasteiger partial charge in [-0.3, -0.25) is 4.90 Å². The average Bonchev–Trinajstić information content (AvgIpc) is 3.13. The van der Waals surface area contributed by atoms with Crippen LogP contribution in [0.15, 0.2) is 42.5 Å². The Hall–Kier alpha value is -2.94. The average molecular weight is 447 g/mol. The molecule has 0 radical (unpaired) electrons. The largest absolute Gasteiger partial charge is 0.442 e.